The highest BCUT2D eigenvalue weighted by Gasteiger charge is 2.32. The van der Waals surface area contributed by atoms with Crippen molar-refractivity contribution in [2.24, 2.45) is 0 Å². The van der Waals surface area contributed by atoms with E-state index in [9.17, 15) is 21.6 Å². The summed E-state index contributed by atoms with van der Waals surface area (Å²) < 4.78 is 52.2. The van der Waals surface area contributed by atoms with Crippen molar-refractivity contribution in [3.8, 4) is 0 Å². The van der Waals surface area contributed by atoms with Gasteiger partial charge in [0.15, 0.2) is 9.84 Å². The smallest absolute Gasteiger partial charge is 0.243 e. The number of benzene rings is 2. The molecule has 162 valence electrons. The maximum Gasteiger partial charge on any atom is 0.243 e. The van der Waals surface area contributed by atoms with Crippen LogP contribution in [0.25, 0.3) is 0 Å². The fraction of sp³-hybridized carbons (Fsp3) is 0.381. The third-order valence-corrected chi connectivity index (χ3v) is 8.81. The summed E-state index contributed by atoms with van der Waals surface area (Å²) in [6.45, 7) is 2.50. The van der Waals surface area contributed by atoms with Crippen molar-refractivity contribution in [1.82, 2.24) is 4.31 Å². The van der Waals surface area contributed by atoms with Gasteiger partial charge in [0.2, 0.25) is 15.9 Å². The number of carbonyl (C=O) groups is 1. The van der Waals surface area contributed by atoms with E-state index in [1.54, 1.807) is 22.5 Å². The molecule has 0 aromatic heterocycles. The van der Waals surface area contributed by atoms with Gasteiger partial charge in [0, 0.05) is 18.3 Å². The van der Waals surface area contributed by atoms with Crippen LogP contribution >= 0.6 is 0 Å². The van der Waals surface area contributed by atoms with Gasteiger partial charge in [-0.2, -0.15) is 4.31 Å². The largest absolute Gasteiger partial charge is 0.325 e. The zero-order valence-corrected chi connectivity index (χ0v) is 18.5. The standard InChI is InChI=1S/C21H26N2O5S2/c1-2-18-8-6-7-15-23(18)30(27,28)20-13-11-17(12-14-20)22-21(24)16-29(25,26)19-9-4-3-5-10-19/h3-5,9-14,18H,2,6-8,15-16H2,1H3,(H,22,24). The molecule has 9 heteroatoms. The highest BCUT2D eigenvalue weighted by Crippen LogP contribution is 2.27. The van der Waals surface area contributed by atoms with Crippen molar-refractivity contribution < 1.29 is 21.6 Å². The maximum absolute atomic E-state index is 13.0. The van der Waals surface area contributed by atoms with Crippen LogP contribution in [0.2, 0.25) is 0 Å². The average Bonchev–Trinajstić information content (AvgIpc) is 2.74. The molecule has 2 aromatic rings. The lowest BCUT2D eigenvalue weighted by Gasteiger charge is -2.34. The molecule has 2 aromatic carbocycles. The lowest BCUT2D eigenvalue weighted by atomic mass is 10.0. The second kappa shape index (κ2) is 9.28. The lowest BCUT2D eigenvalue weighted by molar-refractivity contribution is -0.113. The molecule has 0 saturated carbocycles. The summed E-state index contributed by atoms with van der Waals surface area (Å²) in [4.78, 5) is 12.4. The zero-order valence-electron chi connectivity index (χ0n) is 16.8. The Morgan fingerprint density at radius 1 is 0.967 bits per heavy atom. The van der Waals surface area contributed by atoms with E-state index in [2.05, 4.69) is 5.32 Å². The van der Waals surface area contributed by atoms with Crippen molar-refractivity contribution in [1.29, 1.82) is 0 Å². The van der Waals surface area contributed by atoms with Crippen LogP contribution < -0.4 is 5.32 Å². The van der Waals surface area contributed by atoms with Crippen LogP contribution in [0.4, 0.5) is 5.69 Å². The monoisotopic (exact) mass is 450 g/mol. The zero-order chi connectivity index (χ0) is 21.8. The molecular weight excluding hydrogens is 424 g/mol. The molecule has 1 aliphatic heterocycles. The van der Waals surface area contributed by atoms with Gasteiger partial charge in [-0.3, -0.25) is 4.79 Å². The second-order valence-corrected chi connectivity index (χ2v) is 11.2. The Morgan fingerprint density at radius 2 is 1.63 bits per heavy atom. The van der Waals surface area contributed by atoms with E-state index in [4.69, 9.17) is 0 Å². The molecule has 1 saturated heterocycles. The number of rotatable bonds is 7. The molecule has 3 rings (SSSR count). The summed E-state index contributed by atoms with van der Waals surface area (Å²) in [5.74, 6) is -1.38. The number of carbonyl (C=O) groups excluding carboxylic acids is 1. The van der Waals surface area contributed by atoms with Crippen LogP contribution in [0.1, 0.15) is 32.6 Å². The molecule has 1 aliphatic rings. The first-order valence-corrected chi connectivity index (χ1v) is 13.0. The molecule has 1 heterocycles. The molecule has 0 aliphatic carbocycles. The van der Waals surface area contributed by atoms with Gasteiger partial charge in [0.05, 0.1) is 9.79 Å². The van der Waals surface area contributed by atoms with Gasteiger partial charge in [-0.05, 0) is 55.7 Å². The molecule has 1 unspecified atom stereocenters. The Hall–Kier alpha value is -2.23. The first-order chi connectivity index (χ1) is 14.2. The number of piperidine rings is 1. The predicted octanol–water partition coefficient (Wildman–Crippen LogP) is 3.05. The van der Waals surface area contributed by atoms with E-state index in [0.717, 1.165) is 25.7 Å². The Bertz CT molecular complexity index is 1080. The Balaban J connectivity index is 1.69. The van der Waals surface area contributed by atoms with Crippen molar-refractivity contribution in [3.63, 3.8) is 0 Å². The third-order valence-electron chi connectivity index (χ3n) is 5.21. The summed E-state index contributed by atoms with van der Waals surface area (Å²) in [7, 11) is -7.36. The van der Waals surface area contributed by atoms with Crippen LogP contribution in [0.15, 0.2) is 64.4 Å². The summed E-state index contributed by atoms with van der Waals surface area (Å²) in [5, 5.41) is 2.52. The van der Waals surface area contributed by atoms with Crippen LogP contribution in [0.5, 0.6) is 0 Å². The molecule has 0 radical (unpaired) electrons. The number of nitrogens with one attached hydrogen (secondary N) is 1. The van der Waals surface area contributed by atoms with Crippen LogP contribution in [0.3, 0.4) is 0 Å². The van der Waals surface area contributed by atoms with Crippen LogP contribution in [-0.4, -0.2) is 45.4 Å². The van der Waals surface area contributed by atoms with Crippen molar-refractivity contribution >= 4 is 31.5 Å². The molecule has 1 fully saturated rings. The Kier molecular flexibility index (Phi) is 6.95. The lowest BCUT2D eigenvalue weighted by Crippen LogP contribution is -2.43. The first kappa shape index (κ1) is 22.5. The summed E-state index contributed by atoms with van der Waals surface area (Å²) in [6.07, 6.45) is 3.50. The van der Waals surface area contributed by atoms with Crippen molar-refractivity contribution in [2.45, 2.75) is 48.4 Å². The summed E-state index contributed by atoms with van der Waals surface area (Å²) >= 11 is 0. The molecule has 1 N–H and O–H groups in total. The summed E-state index contributed by atoms with van der Waals surface area (Å²) in [6, 6.07) is 13.6. The molecule has 7 nitrogen and oxygen atoms in total. The molecule has 1 atom stereocenters. The van der Waals surface area contributed by atoms with Crippen LogP contribution in [0, 0.1) is 0 Å². The minimum atomic E-state index is -3.75. The number of hydrogen-bond acceptors (Lipinski definition) is 5. The van der Waals surface area contributed by atoms with Gasteiger partial charge in [-0.25, -0.2) is 16.8 Å². The molecular formula is C21H26N2O5S2. The molecule has 30 heavy (non-hydrogen) atoms. The molecule has 1 amide bonds. The van der Waals surface area contributed by atoms with Gasteiger partial charge in [-0.15, -0.1) is 0 Å². The van der Waals surface area contributed by atoms with Crippen molar-refractivity contribution in [3.05, 3.63) is 54.6 Å². The topological polar surface area (TPSA) is 101 Å². The van der Waals surface area contributed by atoms with Gasteiger partial charge in [0.1, 0.15) is 5.75 Å². The highest BCUT2D eigenvalue weighted by atomic mass is 32.2. The van der Waals surface area contributed by atoms with E-state index in [1.165, 1.54) is 36.4 Å². The van der Waals surface area contributed by atoms with E-state index >= 15 is 0 Å². The number of sulfone groups is 1. The first-order valence-electron chi connectivity index (χ1n) is 9.93. The fourth-order valence-electron chi connectivity index (χ4n) is 3.62. The number of hydrogen-bond donors (Lipinski definition) is 1. The van der Waals surface area contributed by atoms with Crippen LogP contribution in [-0.2, 0) is 24.7 Å². The SMILES string of the molecule is CCC1CCCCN1S(=O)(=O)c1ccc(NC(=O)CS(=O)(=O)c2ccccc2)cc1. The van der Waals surface area contributed by atoms with Gasteiger partial charge in [-0.1, -0.05) is 31.5 Å². The minimum absolute atomic E-state index is 0.00585. The maximum atomic E-state index is 13.0. The number of anilines is 1. The number of amides is 1. The molecule has 0 spiro atoms. The fourth-order valence-corrected chi connectivity index (χ4v) is 6.55. The van der Waals surface area contributed by atoms with E-state index in [1.807, 2.05) is 6.92 Å². The van der Waals surface area contributed by atoms with Gasteiger partial charge >= 0.3 is 0 Å². The van der Waals surface area contributed by atoms with E-state index in [0.29, 0.717) is 12.2 Å². The second-order valence-electron chi connectivity index (χ2n) is 7.32. The number of nitrogens with zero attached hydrogens (tertiary/aromatic N) is 1. The Labute approximate surface area is 178 Å². The number of sulfonamides is 1. The quantitative estimate of drug-likeness (QED) is 0.699. The van der Waals surface area contributed by atoms with E-state index < -0.39 is 31.5 Å². The molecule has 0 bridgehead atoms. The third kappa shape index (κ3) is 5.08. The highest BCUT2D eigenvalue weighted by molar-refractivity contribution is 7.92. The van der Waals surface area contributed by atoms with E-state index in [-0.39, 0.29) is 15.8 Å². The summed E-state index contributed by atoms with van der Waals surface area (Å²) in [5.41, 5.74) is 0.341. The minimum Gasteiger partial charge on any atom is -0.325 e. The van der Waals surface area contributed by atoms with Gasteiger partial charge in [0.25, 0.3) is 0 Å². The van der Waals surface area contributed by atoms with Gasteiger partial charge < -0.3 is 5.32 Å². The Morgan fingerprint density at radius 3 is 2.27 bits per heavy atom. The predicted molar refractivity (Wildman–Crippen MR) is 115 cm³/mol. The normalized spacial score (nSPS) is 18.1. The van der Waals surface area contributed by atoms with Crippen molar-refractivity contribution in [2.75, 3.05) is 17.6 Å². The average molecular weight is 451 g/mol.